The fourth-order valence-corrected chi connectivity index (χ4v) is 2.81. The lowest BCUT2D eigenvalue weighted by molar-refractivity contribution is 0.568. The van der Waals surface area contributed by atoms with Crippen LogP contribution in [0.3, 0.4) is 0 Å². The fourth-order valence-electron chi connectivity index (χ4n) is 2.81. The van der Waals surface area contributed by atoms with E-state index in [2.05, 4.69) is 36.4 Å². The van der Waals surface area contributed by atoms with Crippen LogP contribution in [-0.2, 0) is 0 Å². The summed E-state index contributed by atoms with van der Waals surface area (Å²) in [5, 5.41) is 0. The summed E-state index contributed by atoms with van der Waals surface area (Å²) in [4.78, 5) is 0. The van der Waals surface area contributed by atoms with E-state index in [1.807, 2.05) is 0 Å². The lowest BCUT2D eigenvalue weighted by Gasteiger charge is -2.10. The van der Waals surface area contributed by atoms with Crippen LogP contribution in [0.1, 0.15) is 69.8 Å². The summed E-state index contributed by atoms with van der Waals surface area (Å²) < 4.78 is 0. The van der Waals surface area contributed by atoms with Gasteiger partial charge in [-0.2, -0.15) is 0 Å². The predicted octanol–water partition coefficient (Wildman–Crippen LogP) is 5.98. The van der Waals surface area contributed by atoms with Crippen LogP contribution < -0.4 is 0 Å². The summed E-state index contributed by atoms with van der Waals surface area (Å²) in [6, 6.07) is 11.0. The maximum atomic E-state index is 2.50. The first kappa shape index (κ1) is 13.4. The van der Waals surface area contributed by atoms with Crippen LogP contribution >= 0.6 is 0 Å². The van der Waals surface area contributed by atoms with E-state index in [-0.39, 0.29) is 0 Å². The van der Waals surface area contributed by atoms with E-state index < -0.39 is 0 Å². The van der Waals surface area contributed by atoms with Crippen molar-refractivity contribution in [3.05, 3.63) is 42.0 Å². The smallest absolute Gasteiger partial charge is 0.0228 e. The van der Waals surface area contributed by atoms with Gasteiger partial charge in [-0.25, -0.2) is 0 Å². The lowest BCUT2D eigenvalue weighted by Crippen LogP contribution is -1.89. The third-order valence-electron chi connectivity index (χ3n) is 3.94. The SMILES string of the molecule is C1=C(\c2ccccc2)CCCCCCCCCC/1. The highest BCUT2D eigenvalue weighted by Crippen LogP contribution is 2.24. The molecule has 1 aromatic carbocycles. The second-order valence-corrected chi connectivity index (χ2v) is 5.46. The maximum Gasteiger partial charge on any atom is -0.0228 e. The summed E-state index contributed by atoms with van der Waals surface area (Å²) in [6.07, 6.45) is 16.4. The third kappa shape index (κ3) is 4.68. The van der Waals surface area contributed by atoms with E-state index in [1.165, 1.54) is 69.8 Å². The van der Waals surface area contributed by atoms with Gasteiger partial charge >= 0.3 is 0 Å². The summed E-state index contributed by atoms with van der Waals surface area (Å²) in [7, 11) is 0. The molecule has 0 fully saturated rings. The number of rotatable bonds is 1. The minimum absolute atomic E-state index is 1.27. The third-order valence-corrected chi connectivity index (χ3v) is 3.94. The molecule has 2 rings (SSSR count). The molecule has 0 atom stereocenters. The van der Waals surface area contributed by atoms with Gasteiger partial charge < -0.3 is 0 Å². The summed E-state index contributed by atoms with van der Waals surface area (Å²) in [5.74, 6) is 0. The van der Waals surface area contributed by atoms with Gasteiger partial charge in [-0.3, -0.25) is 0 Å². The Labute approximate surface area is 112 Å². The van der Waals surface area contributed by atoms with E-state index in [0.717, 1.165) is 0 Å². The molecule has 0 aliphatic heterocycles. The van der Waals surface area contributed by atoms with Gasteiger partial charge in [0.2, 0.25) is 0 Å². The molecule has 0 radical (unpaired) electrons. The van der Waals surface area contributed by atoms with Crippen molar-refractivity contribution >= 4 is 5.57 Å². The fraction of sp³-hybridized carbons (Fsp3) is 0.556. The molecule has 0 bridgehead atoms. The number of hydrogen-bond donors (Lipinski definition) is 0. The Morgan fingerprint density at radius 1 is 0.611 bits per heavy atom. The Kier molecular flexibility index (Phi) is 6.05. The second-order valence-electron chi connectivity index (χ2n) is 5.46. The largest absolute Gasteiger partial charge is 0.0807 e. The number of allylic oxidation sites excluding steroid dienone is 2. The van der Waals surface area contributed by atoms with Gasteiger partial charge in [0.25, 0.3) is 0 Å². The number of benzene rings is 1. The molecule has 1 aromatic rings. The first-order valence-electron chi connectivity index (χ1n) is 7.71. The quantitative estimate of drug-likeness (QED) is 0.568. The summed E-state index contributed by atoms with van der Waals surface area (Å²) in [5.41, 5.74) is 3.02. The number of hydrogen-bond acceptors (Lipinski definition) is 0. The van der Waals surface area contributed by atoms with Crippen LogP contribution in [0.4, 0.5) is 0 Å². The van der Waals surface area contributed by atoms with Crippen molar-refractivity contribution < 1.29 is 0 Å². The molecule has 0 spiro atoms. The van der Waals surface area contributed by atoms with Crippen LogP contribution in [0.2, 0.25) is 0 Å². The van der Waals surface area contributed by atoms with Gasteiger partial charge in [0.05, 0.1) is 0 Å². The van der Waals surface area contributed by atoms with E-state index in [4.69, 9.17) is 0 Å². The summed E-state index contributed by atoms with van der Waals surface area (Å²) in [6.45, 7) is 0. The van der Waals surface area contributed by atoms with Crippen molar-refractivity contribution in [1.82, 2.24) is 0 Å². The molecular formula is C18H26. The molecule has 0 nitrogen and oxygen atoms in total. The van der Waals surface area contributed by atoms with Gasteiger partial charge in [-0.15, -0.1) is 0 Å². The minimum atomic E-state index is 1.27. The van der Waals surface area contributed by atoms with Crippen molar-refractivity contribution in [2.45, 2.75) is 64.2 Å². The Bertz CT molecular complexity index is 348. The zero-order valence-electron chi connectivity index (χ0n) is 11.5. The average molecular weight is 242 g/mol. The normalized spacial score (nSPS) is 22.3. The van der Waals surface area contributed by atoms with E-state index in [1.54, 1.807) is 5.57 Å². The van der Waals surface area contributed by atoms with Crippen LogP contribution in [0.15, 0.2) is 36.4 Å². The van der Waals surface area contributed by atoms with Gasteiger partial charge in [-0.05, 0) is 36.8 Å². The van der Waals surface area contributed by atoms with Crippen molar-refractivity contribution in [2.24, 2.45) is 0 Å². The second kappa shape index (κ2) is 8.13. The molecular weight excluding hydrogens is 216 g/mol. The average Bonchev–Trinajstić information content (AvgIpc) is 2.40. The Hall–Kier alpha value is -1.04. The molecule has 0 amide bonds. The highest BCUT2D eigenvalue weighted by molar-refractivity contribution is 5.65. The molecule has 0 aromatic heterocycles. The molecule has 0 heterocycles. The summed E-state index contributed by atoms with van der Waals surface area (Å²) >= 11 is 0. The van der Waals surface area contributed by atoms with Crippen molar-refractivity contribution in [1.29, 1.82) is 0 Å². The highest BCUT2D eigenvalue weighted by atomic mass is 14.1. The monoisotopic (exact) mass is 242 g/mol. The van der Waals surface area contributed by atoms with Gasteiger partial charge in [0.1, 0.15) is 0 Å². The molecule has 0 saturated heterocycles. The zero-order valence-corrected chi connectivity index (χ0v) is 11.5. The molecule has 0 unspecified atom stereocenters. The Balaban J connectivity index is 1.99. The molecule has 0 saturated carbocycles. The Morgan fingerprint density at radius 3 is 1.94 bits per heavy atom. The molecule has 0 heteroatoms. The molecule has 98 valence electrons. The van der Waals surface area contributed by atoms with Crippen molar-refractivity contribution in [3.8, 4) is 0 Å². The Morgan fingerprint density at radius 2 is 1.22 bits per heavy atom. The first-order valence-corrected chi connectivity index (χ1v) is 7.71. The standard InChI is InChI=1S/C18H26/c1-2-4-6-9-13-17(14-10-7-5-3-1)18-15-11-8-12-16-18/h8,11-13,15-16H,1-7,9-10,14H2/b17-13-. The first-order chi connectivity index (χ1) is 8.97. The predicted molar refractivity (Wildman–Crippen MR) is 80.6 cm³/mol. The van der Waals surface area contributed by atoms with Crippen molar-refractivity contribution in [3.63, 3.8) is 0 Å². The molecule has 18 heavy (non-hydrogen) atoms. The maximum absolute atomic E-state index is 2.50. The topological polar surface area (TPSA) is 0 Å². The highest BCUT2D eigenvalue weighted by Gasteiger charge is 2.02. The van der Waals surface area contributed by atoms with Gasteiger partial charge in [0.15, 0.2) is 0 Å². The van der Waals surface area contributed by atoms with E-state index in [0.29, 0.717) is 0 Å². The zero-order chi connectivity index (χ0) is 12.5. The molecule has 0 N–H and O–H groups in total. The lowest BCUT2D eigenvalue weighted by atomic mass is 9.96. The van der Waals surface area contributed by atoms with E-state index in [9.17, 15) is 0 Å². The van der Waals surface area contributed by atoms with Gasteiger partial charge in [0, 0.05) is 0 Å². The van der Waals surface area contributed by atoms with Crippen LogP contribution in [0.25, 0.3) is 5.57 Å². The molecule has 1 aliphatic rings. The van der Waals surface area contributed by atoms with Crippen LogP contribution in [0, 0.1) is 0 Å². The molecule has 1 aliphatic carbocycles. The van der Waals surface area contributed by atoms with Crippen molar-refractivity contribution in [2.75, 3.05) is 0 Å². The van der Waals surface area contributed by atoms with Crippen LogP contribution in [0.5, 0.6) is 0 Å². The van der Waals surface area contributed by atoms with Gasteiger partial charge in [-0.1, -0.05) is 74.9 Å². The van der Waals surface area contributed by atoms with E-state index >= 15 is 0 Å². The van der Waals surface area contributed by atoms with Crippen LogP contribution in [-0.4, -0.2) is 0 Å². The minimum Gasteiger partial charge on any atom is -0.0807 e.